The van der Waals surface area contributed by atoms with E-state index in [1.54, 1.807) is 19.1 Å². The zero-order valence-corrected chi connectivity index (χ0v) is 16.7. The first-order valence-corrected chi connectivity index (χ1v) is 9.23. The summed E-state index contributed by atoms with van der Waals surface area (Å²) in [6.07, 6.45) is 1.36. The number of hydrogen-bond donors (Lipinski definition) is 3. The van der Waals surface area contributed by atoms with E-state index < -0.39 is 35.4 Å². The number of benzene rings is 2. The van der Waals surface area contributed by atoms with Crippen LogP contribution in [0.2, 0.25) is 0 Å². The maximum atomic E-state index is 13.6. The van der Waals surface area contributed by atoms with E-state index in [0.717, 1.165) is 12.1 Å². The zero-order valence-electron chi connectivity index (χ0n) is 16.7. The normalized spacial score (nSPS) is 11.5. The molecule has 2 aromatic carbocycles. The number of nitrogens with one attached hydrogen (secondary N) is 3. The second-order valence-corrected chi connectivity index (χ2v) is 6.66. The van der Waals surface area contributed by atoms with Crippen molar-refractivity contribution in [3.8, 4) is 0 Å². The first-order chi connectivity index (χ1) is 14.8. The number of likely N-dealkylation sites (N-methyl/N-ethyl adjacent to an activating group) is 1. The molecule has 0 saturated heterocycles. The lowest BCUT2D eigenvalue weighted by Gasteiger charge is -2.18. The molecule has 3 aromatic rings. The van der Waals surface area contributed by atoms with E-state index in [4.69, 9.17) is 4.42 Å². The van der Waals surface area contributed by atoms with Crippen LogP contribution >= 0.6 is 0 Å². The molecule has 1 unspecified atom stereocenters. The Labute approximate surface area is 176 Å². The molecule has 3 rings (SSSR count). The molecular weight excluding hydrogens is 408 g/mol. The smallest absolute Gasteiger partial charge is 0.291 e. The summed E-state index contributed by atoms with van der Waals surface area (Å²) >= 11 is 0. The predicted molar refractivity (Wildman–Crippen MR) is 108 cm³/mol. The van der Waals surface area contributed by atoms with Crippen LogP contribution in [0.25, 0.3) is 0 Å². The predicted octanol–water partition coefficient (Wildman–Crippen LogP) is 3.34. The summed E-state index contributed by atoms with van der Waals surface area (Å²) < 4.78 is 31.9. The Hall–Kier alpha value is -4.01. The van der Waals surface area contributed by atoms with Gasteiger partial charge in [-0.05, 0) is 54.4 Å². The molecule has 3 amide bonds. The van der Waals surface area contributed by atoms with Crippen LogP contribution in [0.4, 0.5) is 14.5 Å². The van der Waals surface area contributed by atoms with Crippen LogP contribution in [0.1, 0.15) is 38.1 Å². The number of anilines is 1. The molecule has 1 heterocycles. The van der Waals surface area contributed by atoms with Crippen LogP contribution in [-0.4, -0.2) is 24.8 Å². The molecule has 0 saturated carbocycles. The van der Waals surface area contributed by atoms with Gasteiger partial charge in [-0.15, -0.1) is 0 Å². The molecule has 0 spiro atoms. The highest BCUT2D eigenvalue weighted by atomic mass is 19.2. The topological polar surface area (TPSA) is 100 Å². The molecule has 1 aromatic heterocycles. The van der Waals surface area contributed by atoms with Gasteiger partial charge in [-0.2, -0.15) is 0 Å². The van der Waals surface area contributed by atoms with Crippen LogP contribution in [0.15, 0.2) is 59.2 Å². The van der Waals surface area contributed by atoms with E-state index in [0.29, 0.717) is 11.3 Å². The Balaban J connectivity index is 1.84. The molecule has 160 valence electrons. The zero-order chi connectivity index (χ0) is 22.5. The van der Waals surface area contributed by atoms with Crippen molar-refractivity contribution in [2.45, 2.75) is 13.0 Å². The Morgan fingerprint density at radius 1 is 0.968 bits per heavy atom. The minimum Gasteiger partial charge on any atom is -0.459 e. The van der Waals surface area contributed by atoms with Crippen LogP contribution in [0.5, 0.6) is 0 Å². The lowest BCUT2D eigenvalue weighted by Crippen LogP contribution is -2.39. The van der Waals surface area contributed by atoms with E-state index in [-0.39, 0.29) is 16.9 Å². The summed E-state index contributed by atoms with van der Waals surface area (Å²) in [7, 11) is 1.36. The molecule has 31 heavy (non-hydrogen) atoms. The largest absolute Gasteiger partial charge is 0.459 e. The van der Waals surface area contributed by atoms with Gasteiger partial charge in [-0.3, -0.25) is 14.4 Å². The fourth-order valence-electron chi connectivity index (χ4n) is 2.84. The summed E-state index contributed by atoms with van der Waals surface area (Å²) in [6, 6.07) is 9.33. The minimum absolute atomic E-state index is 0.0741. The highest BCUT2D eigenvalue weighted by Gasteiger charge is 2.24. The Morgan fingerprint density at radius 3 is 2.39 bits per heavy atom. The Kier molecular flexibility index (Phi) is 6.44. The summed E-state index contributed by atoms with van der Waals surface area (Å²) in [5, 5.41) is 7.54. The van der Waals surface area contributed by atoms with Crippen molar-refractivity contribution in [2.75, 3.05) is 12.4 Å². The lowest BCUT2D eigenvalue weighted by atomic mass is 10.0. The first kappa shape index (κ1) is 21.7. The standard InChI is InChI=1S/C22H19F2N3O4/c1-12-5-6-14(11-17(12)26-21(29)18-4-3-9-31-18)20(28)27-19(22(30)25-2)13-7-8-15(23)16(24)10-13/h3-11,19H,1-2H3,(H,25,30)(H,26,29)(H,27,28). The van der Waals surface area contributed by atoms with Gasteiger partial charge in [0.05, 0.1) is 6.26 Å². The molecule has 0 bridgehead atoms. The summed E-state index contributed by atoms with van der Waals surface area (Å²) in [5.41, 5.74) is 1.29. The fourth-order valence-corrected chi connectivity index (χ4v) is 2.84. The number of amides is 3. The third-order valence-electron chi connectivity index (χ3n) is 4.55. The highest BCUT2D eigenvalue weighted by Crippen LogP contribution is 2.21. The van der Waals surface area contributed by atoms with Gasteiger partial charge in [0.2, 0.25) is 5.91 Å². The number of hydrogen-bond acceptors (Lipinski definition) is 4. The Morgan fingerprint density at radius 2 is 1.74 bits per heavy atom. The van der Waals surface area contributed by atoms with E-state index >= 15 is 0 Å². The average molecular weight is 427 g/mol. The van der Waals surface area contributed by atoms with Crippen LogP contribution < -0.4 is 16.0 Å². The molecule has 0 aliphatic heterocycles. The van der Waals surface area contributed by atoms with Gasteiger partial charge in [0.25, 0.3) is 11.8 Å². The first-order valence-electron chi connectivity index (χ1n) is 9.23. The maximum absolute atomic E-state index is 13.6. The monoisotopic (exact) mass is 427 g/mol. The number of carbonyl (C=O) groups excluding carboxylic acids is 3. The second-order valence-electron chi connectivity index (χ2n) is 6.66. The third-order valence-corrected chi connectivity index (χ3v) is 4.55. The lowest BCUT2D eigenvalue weighted by molar-refractivity contribution is -0.122. The van der Waals surface area contributed by atoms with E-state index in [1.807, 2.05) is 0 Å². The van der Waals surface area contributed by atoms with Gasteiger partial charge < -0.3 is 20.4 Å². The van der Waals surface area contributed by atoms with E-state index in [2.05, 4.69) is 16.0 Å². The highest BCUT2D eigenvalue weighted by molar-refractivity contribution is 6.04. The van der Waals surface area contributed by atoms with Crippen molar-refractivity contribution in [1.82, 2.24) is 10.6 Å². The van der Waals surface area contributed by atoms with Gasteiger partial charge in [-0.25, -0.2) is 8.78 Å². The molecule has 7 nitrogen and oxygen atoms in total. The minimum atomic E-state index is -1.25. The number of carbonyl (C=O) groups is 3. The van der Waals surface area contributed by atoms with E-state index in [1.165, 1.54) is 37.6 Å². The van der Waals surface area contributed by atoms with Gasteiger partial charge in [-0.1, -0.05) is 12.1 Å². The average Bonchev–Trinajstić information content (AvgIpc) is 3.30. The van der Waals surface area contributed by atoms with Crippen LogP contribution in [-0.2, 0) is 4.79 Å². The second kappa shape index (κ2) is 9.21. The Bertz CT molecular complexity index is 1130. The van der Waals surface area contributed by atoms with Crippen molar-refractivity contribution in [2.24, 2.45) is 0 Å². The van der Waals surface area contributed by atoms with Crippen molar-refractivity contribution in [3.05, 3.63) is 88.9 Å². The molecule has 0 fully saturated rings. The molecule has 3 N–H and O–H groups in total. The number of halogens is 2. The molecule has 0 aliphatic rings. The van der Waals surface area contributed by atoms with Crippen LogP contribution in [0.3, 0.4) is 0 Å². The summed E-state index contributed by atoms with van der Waals surface area (Å²) in [4.78, 5) is 37.3. The van der Waals surface area contributed by atoms with Crippen LogP contribution in [0, 0.1) is 18.6 Å². The molecule has 9 heteroatoms. The summed E-state index contributed by atoms with van der Waals surface area (Å²) in [6.45, 7) is 1.74. The molecule has 0 radical (unpaired) electrons. The SMILES string of the molecule is CNC(=O)C(NC(=O)c1ccc(C)c(NC(=O)c2ccco2)c1)c1ccc(F)c(F)c1. The third kappa shape index (κ3) is 4.95. The number of aryl methyl sites for hydroxylation is 1. The molecular formula is C22H19F2N3O4. The number of furan rings is 1. The van der Waals surface area contributed by atoms with Gasteiger partial charge >= 0.3 is 0 Å². The molecule has 1 atom stereocenters. The van der Waals surface area contributed by atoms with Crippen molar-refractivity contribution in [3.63, 3.8) is 0 Å². The fraction of sp³-hybridized carbons (Fsp3) is 0.136. The van der Waals surface area contributed by atoms with E-state index in [9.17, 15) is 23.2 Å². The number of rotatable bonds is 6. The van der Waals surface area contributed by atoms with Gasteiger partial charge in [0.1, 0.15) is 6.04 Å². The molecule has 0 aliphatic carbocycles. The van der Waals surface area contributed by atoms with Gasteiger partial charge in [0.15, 0.2) is 17.4 Å². The van der Waals surface area contributed by atoms with Gasteiger partial charge in [0, 0.05) is 18.3 Å². The van der Waals surface area contributed by atoms with Crippen molar-refractivity contribution >= 4 is 23.4 Å². The quantitative estimate of drug-likeness (QED) is 0.562. The summed E-state index contributed by atoms with van der Waals surface area (Å²) in [5.74, 6) is -3.85. The van der Waals surface area contributed by atoms with Crippen molar-refractivity contribution < 1.29 is 27.6 Å². The maximum Gasteiger partial charge on any atom is 0.291 e. The van der Waals surface area contributed by atoms with Crippen molar-refractivity contribution in [1.29, 1.82) is 0 Å².